The van der Waals surface area contributed by atoms with E-state index >= 15 is 0 Å². The van der Waals surface area contributed by atoms with Crippen LogP contribution < -0.4 is 5.73 Å². The van der Waals surface area contributed by atoms with E-state index in [4.69, 9.17) is 10.5 Å². The number of likely N-dealkylation sites (tertiary alicyclic amines) is 1. The zero-order valence-corrected chi connectivity index (χ0v) is 13.7. The average molecular weight is 318 g/mol. The van der Waals surface area contributed by atoms with Crippen LogP contribution in [0.5, 0.6) is 0 Å². The Labute approximate surface area is 137 Å². The van der Waals surface area contributed by atoms with Crippen molar-refractivity contribution >= 4 is 5.91 Å². The Bertz CT molecular complexity index is 548. The van der Waals surface area contributed by atoms with Crippen LogP contribution >= 0.6 is 0 Å². The summed E-state index contributed by atoms with van der Waals surface area (Å²) in [5.74, 6) is 0.0604. The van der Waals surface area contributed by atoms with Gasteiger partial charge in [-0.25, -0.2) is 0 Å². The maximum atomic E-state index is 12.6. The molecule has 126 valence electrons. The zero-order chi connectivity index (χ0) is 16.4. The highest BCUT2D eigenvalue weighted by Crippen LogP contribution is 2.51. The van der Waals surface area contributed by atoms with Crippen LogP contribution in [0.1, 0.15) is 42.1 Å². The first-order chi connectivity index (χ1) is 11.1. The van der Waals surface area contributed by atoms with Gasteiger partial charge in [0.15, 0.2) is 0 Å². The lowest BCUT2D eigenvalue weighted by atomic mass is 9.58. The lowest BCUT2D eigenvalue weighted by Gasteiger charge is -2.56. The maximum absolute atomic E-state index is 12.6. The molecule has 1 saturated heterocycles. The Balaban J connectivity index is 1.63. The molecule has 1 spiro atoms. The molecule has 1 aliphatic carbocycles. The van der Waals surface area contributed by atoms with Crippen molar-refractivity contribution in [3.8, 4) is 0 Å². The summed E-state index contributed by atoms with van der Waals surface area (Å²) in [6.45, 7) is 4.50. The fourth-order valence-corrected chi connectivity index (χ4v) is 3.91. The van der Waals surface area contributed by atoms with Gasteiger partial charge in [0.2, 0.25) is 0 Å². The van der Waals surface area contributed by atoms with Crippen LogP contribution in [0.25, 0.3) is 0 Å². The normalized spacial score (nSPS) is 26.1. The van der Waals surface area contributed by atoms with Gasteiger partial charge < -0.3 is 20.5 Å². The van der Waals surface area contributed by atoms with E-state index in [1.54, 1.807) is 0 Å². The Kier molecular flexibility index (Phi) is 4.71. The second-order valence-electron chi connectivity index (χ2n) is 6.62. The van der Waals surface area contributed by atoms with Gasteiger partial charge in [-0.15, -0.1) is 0 Å². The average Bonchev–Trinajstić information content (AvgIpc) is 2.61. The minimum Gasteiger partial charge on any atom is -0.392 e. The van der Waals surface area contributed by atoms with Crippen molar-refractivity contribution in [1.82, 2.24) is 4.90 Å². The van der Waals surface area contributed by atoms with E-state index in [-0.39, 0.29) is 23.5 Å². The van der Waals surface area contributed by atoms with Crippen LogP contribution in [0.4, 0.5) is 0 Å². The summed E-state index contributed by atoms with van der Waals surface area (Å²) in [4.78, 5) is 14.5. The first-order valence-electron chi connectivity index (χ1n) is 8.48. The molecule has 2 aliphatic rings. The van der Waals surface area contributed by atoms with Gasteiger partial charge in [-0.2, -0.15) is 0 Å². The first kappa shape index (κ1) is 16.4. The van der Waals surface area contributed by atoms with Crippen LogP contribution in [0.15, 0.2) is 24.3 Å². The molecule has 1 saturated carbocycles. The predicted octanol–water partition coefficient (Wildman–Crippen LogP) is 1.54. The number of nitrogens with two attached hydrogens (primary N) is 1. The minimum absolute atomic E-state index is 0.0604. The van der Waals surface area contributed by atoms with Crippen molar-refractivity contribution in [2.75, 3.05) is 19.7 Å². The van der Waals surface area contributed by atoms with E-state index in [1.165, 1.54) is 0 Å². The van der Waals surface area contributed by atoms with Gasteiger partial charge in [-0.3, -0.25) is 4.79 Å². The molecule has 1 amide bonds. The number of benzene rings is 1. The zero-order valence-electron chi connectivity index (χ0n) is 13.7. The topological polar surface area (TPSA) is 75.8 Å². The Hall–Kier alpha value is -1.43. The van der Waals surface area contributed by atoms with Crippen molar-refractivity contribution in [2.45, 2.75) is 44.9 Å². The van der Waals surface area contributed by atoms with Gasteiger partial charge in [-0.05, 0) is 37.5 Å². The molecule has 3 N–H and O–H groups in total. The van der Waals surface area contributed by atoms with Crippen LogP contribution in [0.3, 0.4) is 0 Å². The second kappa shape index (κ2) is 6.59. The second-order valence-corrected chi connectivity index (χ2v) is 6.62. The Morgan fingerprint density at radius 3 is 2.52 bits per heavy atom. The van der Waals surface area contributed by atoms with Crippen LogP contribution in [0, 0.1) is 5.41 Å². The monoisotopic (exact) mass is 318 g/mol. The van der Waals surface area contributed by atoms with E-state index in [2.05, 4.69) is 0 Å². The number of ether oxygens (including phenoxy) is 1. The molecule has 23 heavy (non-hydrogen) atoms. The van der Waals surface area contributed by atoms with Gasteiger partial charge in [0.25, 0.3) is 5.91 Å². The van der Waals surface area contributed by atoms with E-state index in [1.807, 2.05) is 36.1 Å². The summed E-state index contributed by atoms with van der Waals surface area (Å²) in [5.41, 5.74) is 7.17. The van der Waals surface area contributed by atoms with Crippen LogP contribution in [-0.2, 0) is 11.3 Å². The van der Waals surface area contributed by atoms with E-state index in [9.17, 15) is 9.90 Å². The molecule has 0 unspecified atom stereocenters. The number of hydrogen-bond acceptors (Lipinski definition) is 4. The molecule has 1 aromatic rings. The van der Waals surface area contributed by atoms with Crippen molar-refractivity contribution in [2.24, 2.45) is 11.1 Å². The van der Waals surface area contributed by atoms with Gasteiger partial charge >= 0.3 is 0 Å². The number of nitrogens with zero attached hydrogens (tertiary/aromatic N) is 1. The number of hydrogen-bond donors (Lipinski definition) is 2. The molecule has 0 bridgehead atoms. The van der Waals surface area contributed by atoms with Gasteiger partial charge in [0, 0.05) is 43.6 Å². The number of carbonyl (C=O) groups excluding carboxylic acids is 1. The van der Waals surface area contributed by atoms with Crippen LogP contribution in [-0.4, -0.2) is 47.8 Å². The SMILES string of the molecule is CCO[C@@H]1C[C@H](O)C12CCN(C(=O)c1ccc(CN)cc1)CC2. The molecule has 3 rings (SSSR count). The maximum Gasteiger partial charge on any atom is 0.253 e. The number of aliphatic hydroxyl groups is 1. The van der Waals surface area contributed by atoms with E-state index in [0.717, 1.165) is 24.8 Å². The highest BCUT2D eigenvalue weighted by Gasteiger charge is 2.56. The lowest BCUT2D eigenvalue weighted by Crippen LogP contribution is -2.62. The summed E-state index contributed by atoms with van der Waals surface area (Å²) in [6, 6.07) is 7.49. The van der Waals surface area contributed by atoms with Crippen molar-refractivity contribution in [3.63, 3.8) is 0 Å². The summed E-state index contributed by atoms with van der Waals surface area (Å²) in [6.07, 6.45) is 2.20. The fraction of sp³-hybridized carbons (Fsp3) is 0.611. The number of carbonyl (C=O) groups is 1. The van der Waals surface area contributed by atoms with Crippen molar-refractivity contribution in [1.29, 1.82) is 0 Å². The summed E-state index contributed by atoms with van der Waals surface area (Å²) in [7, 11) is 0. The summed E-state index contributed by atoms with van der Waals surface area (Å²) >= 11 is 0. The molecular formula is C18H26N2O3. The number of rotatable bonds is 4. The highest BCUT2D eigenvalue weighted by atomic mass is 16.5. The van der Waals surface area contributed by atoms with Gasteiger partial charge in [-0.1, -0.05) is 12.1 Å². The Morgan fingerprint density at radius 1 is 1.35 bits per heavy atom. The highest BCUT2D eigenvalue weighted by molar-refractivity contribution is 5.94. The molecule has 2 atom stereocenters. The summed E-state index contributed by atoms with van der Waals surface area (Å²) in [5, 5.41) is 10.2. The lowest BCUT2D eigenvalue weighted by molar-refractivity contribution is -0.207. The third-order valence-corrected chi connectivity index (χ3v) is 5.53. The molecule has 0 radical (unpaired) electrons. The van der Waals surface area contributed by atoms with E-state index < -0.39 is 0 Å². The molecule has 0 aromatic heterocycles. The minimum atomic E-state index is -0.292. The molecule has 2 fully saturated rings. The number of amides is 1. The van der Waals surface area contributed by atoms with Gasteiger partial charge in [0.05, 0.1) is 12.2 Å². The first-order valence-corrected chi connectivity index (χ1v) is 8.48. The standard InChI is InChI=1S/C18H26N2O3/c1-2-23-16-11-15(21)18(16)7-9-20(10-8-18)17(22)14-5-3-13(12-19)4-6-14/h3-6,15-16,21H,2,7-12,19H2,1H3/t15-,16+/m0/s1. The van der Waals surface area contributed by atoms with Crippen LogP contribution in [0.2, 0.25) is 0 Å². The quantitative estimate of drug-likeness (QED) is 0.883. The van der Waals surface area contributed by atoms with Crippen molar-refractivity contribution in [3.05, 3.63) is 35.4 Å². The molecule has 5 nitrogen and oxygen atoms in total. The third-order valence-electron chi connectivity index (χ3n) is 5.53. The number of piperidine rings is 1. The van der Waals surface area contributed by atoms with Crippen molar-refractivity contribution < 1.29 is 14.6 Å². The largest absolute Gasteiger partial charge is 0.392 e. The predicted molar refractivity (Wildman–Crippen MR) is 87.9 cm³/mol. The smallest absolute Gasteiger partial charge is 0.253 e. The molecule has 1 aromatic carbocycles. The molecule has 1 heterocycles. The number of aliphatic hydroxyl groups excluding tert-OH is 1. The van der Waals surface area contributed by atoms with E-state index in [0.29, 0.717) is 31.8 Å². The molecule has 5 heteroatoms. The third kappa shape index (κ3) is 2.89. The molecular weight excluding hydrogens is 292 g/mol. The Morgan fingerprint density at radius 2 is 2.00 bits per heavy atom. The van der Waals surface area contributed by atoms with Gasteiger partial charge in [0.1, 0.15) is 0 Å². The summed E-state index contributed by atoms with van der Waals surface area (Å²) < 4.78 is 5.77. The fourth-order valence-electron chi connectivity index (χ4n) is 3.91. The molecule has 1 aliphatic heterocycles.